The number of amides is 3. The second-order valence-electron chi connectivity index (χ2n) is 10.4. The fraction of sp³-hybridized carbons (Fsp3) is 0.864. The van der Waals surface area contributed by atoms with Crippen LogP contribution in [0.5, 0.6) is 0 Å². The Kier molecular flexibility index (Phi) is 5.74. The molecule has 3 heterocycles. The van der Waals surface area contributed by atoms with E-state index in [1.165, 1.54) is 4.90 Å². The smallest absolute Gasteiger partial charge is 0.246 e. The van der Waals surface area contributed by atoms with E-state index in [2.05, 4.69) is 10.6 Å². The Labute approximate surface area is 179 Å². The number of fused-ring (bicyclic) bond motifs is 1. The number of rotatable bonds is 6. The van der Waals surface area contributed by atoms with Crippen LogP contribution in [0.2, 0.25) is 0 Å². The van der Waals surface area contributed by atoms with E-state index in [0.29, 0.717) is 19.3 Å². The Hall–Kier alpha value is -1.67. The van der Waals surface area contributed by atoms with Crippen LogP contribution in [0.4, 0.5) is 0 Å². The van der Waals surface area contributed by atoms with E-state index in [9.17, 15) is 19.5 Å². The summed E-state index contributed by atoms with van der Waals surface area (Å²) in [6.07, 6.45) is 1.77. The van der Waals surface area contributed by atoms with Crippen molar-refractivity contribution in [3.63, 3.8) is 0 Å². The molecule has 3 fully saturated rings. The molecule has 0 aliphatic carbocycles. The normalized spacial score (nSPS) is 36.2. The Bertz CT molecular complexity index is 733. The number of aliphatic hydroxyl groups is 1. The molecule has 0 aromatic carbocycles. The molecule has 30 heavy (non-hydrogen) atoms. The molecule has 3 amide bonds. The first-order valence-electron chi connectivity index (χ1n) is 11.1. The third-order valence-corrected chi connectivity index (χ3v) is 7.21. The van der Waals surface area contributed by atoms with Crippen molar-refractivity contribution in [3.8, 4) is 0 Å². The molecule has 0 aromatic rings. The van der Waals surface area contributed by atoms with Crippen LogP contribution in [0.15, 0.2) is 0 Å². The number of ether oxygens (including phenoxy) is 1. The molecule has 0 saturated carbocycles. The SMILES string of the molecule is CC[C@]12CCC3(O1)C(C(=O)NC(C)(C)C)N([C@@H](CO)C(C)C)C(=O)[C@@H]3[C@H]2C(=O)NC. The van der Waals surface area contributed by atoms with Gasteiger partial charge in [0.1, 0.15) is 11.6 Å². The van der Waals surface area contributed by atoms with Crippen LogP contribution in [0.25, 0.3) is 0 Å². The Morgan fingerprint density at radius 3 is 2.37 bits per heavy atom. The van der Waals surface area contributed by atoms with Crippen LogP contribution >= 0.6 is 0 Å². The highest BCUT2D eigenvalue weighted by Crippen LogP contribution is 2.64. The molecule has 2 unspecified atom stereocenters. The third-order valence-electron chi connectivity index (χ3n) is 7.21. The zero-order chi connectivity index (χ0) is 22.6. The molecule has 1 spiro atoms. The summed E-state index contributed by atoms with van der Waals surface area (Å²) >= 11 is 0. The maximum absolute atomic E-state index is 13.8. The minimum absolute atomic E-state index is 0.0603. The predicted molar refractivity (Wildman–Crippen MR) is 111 cm³/mol. The van der Waals surface area contributed by atoms with E-state index >= 15 is 0 Å². The first-order valence-corrected chi connectivity index (χ1v) is 11.1. The topological polar surface area (TPSA) is 108 Å². The van der Waals surface area contributed by atoms with Crippen molar-refractivity contribution >= 4 is 17.7 Å². The molecule has 3 saturated heterocycles. The molecule has 8 heteroatoms. The van der Waals surface area contributed by atoms with Crippen LogP contribution in [0.1, 0.15) is 60.8 Å². The molecule has 6 atom stereocenters. The summed E-state index contributed by atoms with van der Waals surface area (Å²) in [7, 11) is 1.57. The van der Waals surface area contributed by atoms with Gasteiger partial charge in [-0.1, -0.05) is 20.8 Å². The largest absolute Gasteiger partial charge is 0.394 e. The van der Waals surface area contributed by atoms with Gasteiger partial charge in [0.25, 0.3) is 0 Å². The summed E-state index contributed by atoms with van der Waals surface area (Å²) in [5, 5.41) is 15.8. The van der Waals surface area contributed by atoms with Gasteiger partial charge in [0.05, 0.1) is 30.1 Å². The number of likely N-dealkylation sites (tertiary alicyclic amines) is 1. The van der Waals surface area contributed by atoms with Gasteiger partial charge in [0, 0.05) is 12.6 Å². The lowest BCUT2D eigenvalue weighted by atomic mass is 9.65. The second-order valence-corrected chi connectivity index (χ2v) is 10.4. The number of nitrogens with zero attached hydrogens (tertiary/aromatic N) is 1. The van der Waals surface area contributed by atoms with Crippen LogP contribution in [-0.4, -0.2) is 70.2 Å². The highest BCUT2D eigenvalue weighted by atomic mass is 16.5. The molecule has 3 aliphatic rings. The molecular formula is C22H37N3O5. The summed E-state index contributed by atoms with van der Waals surface area (Å²) < 4.78 is 6.61. The van der Waals surface area contributed by atoms with Gasteiger partial charge in [-0.3, -0.25) is 14.4 Å². The second kappa shape index (κ2) is 7.48. The molecule has 8 nitrogen and oxygen atoms in total. The maximum Gasteiger partial charge on any atom is 0.246 e. The van der Waals surface area contributed by atoms with Crippen molar-refractivity contribution in [2.75, 3.05) is 13.7 Å². The van der Waals surface area contributed by atoms with Gasteiger partial charge in [-0.15, -0.1) is 0 Å². The number of hydrogen-bond acceptors (Lipinski definition) is 5. The summed E-state index contributed by atoms with van der Waals surface area (Å²) in [5.74, 6) is -2.21. The van der Waals surface area contributed by atoms with Gasteiger partial charge in [-0.05, 0) is 46.0 Å². The molecule has 0 aromatic heterocycles. The lowest BCUT2D eigenvalue weighted by molar-refractivity contribution is -0.152. The Morgan fingerprint density at radius 2 is 1.90 bits per heavy atom. The number of aliphatic hydroxyl groups excluding tert-OH is 1. The zero-order valence-corrected chi connectivity index (χ0v) is 19.2. The van der Waals surface area contributed by atoms with E-state index in [1.807, 2.05) is 41.5 Å². The minimum atomic E-state index is -1.05. The lowest BCUT2D eigenvalue weighted by Crippen LogP contribution is -2.61. The average molecular weight is 424 g/mol. The standard InChI is InChI=1S/C22H37N3O5/c1-8-21-9-10-22(30-21)15(14(21)17(27)23-7)19(29)25(13(11-26)12(2)3)16(22)18(28)24-20(4,5)6/h12-16,26H,8-11H2,1-7H3,(H,23,27)(H,24,28)/t13-,14-,15-,16?,21+,22?/m0/s1. The van der Waals surface area contributed by atoms with Gasteiger partial charge < -0.3 is 25.4 Å². The molecule has 3 rings (SSSR count). The van der Waals surface area contributed by atoms with E-state index < -0.39 is 40.7 Å². The molecule has 3 N–H and O–H groups in total. The fourth-order valence-corrected chi connectivity index (χ4v) is 5.92. The van der Waals surface area contributed by atoms with Crippen molar-refractivity contribution in [2.45, 2.75) is 89.6 Å². The first-order chi connectivity index (χ1) is 13.9. The molecule has 2 bridgehead atoms. The van der Waals surface area contributed by atoms with Gasteiger partial charge in [-0.2, -0.15) is 0 Å². The molecule has 3 aliphatic heterocycles. The highest BCUT2D eigenvalue weighted by molar-refractivity contribution is 5.99. The van der Waals surface area contributed by atoms with E-state index in [1.54, 1.807) is 7.05 Å². The minimum Gasteiger partial charge on any atom is -0.394 e. The van der Waals surface area contributed by atoms with Crippen LogP contribution in [-0.2, 0) is 19.1 Å². The van der Waals surface area contributed by atoms with Gasteiger partial charge in [-0.25, -0.2) is 0 Å². The number of carbonyl (C=O) groups excluding carboxylic acids is 3. The number of carbonyl (C=O) groups is 3. The van der Waals surface area contributed by atoms with E-state index in [0.717, 1.165) is 0 Å². The van der Waals surface area contributed by atoms with Crippen molar-refractivity contribution in [3.05, 3.63) is 0 Å². The zero-order valence-electron chi connectivity index (χ0n) is 19.2. The van der Waals surface area contributed by atoms with Crippen molar-refractivity contribution in [1.82, 2.24) is 15.5 Å². The van der Waals surface area contributed by atoms with Crippen molar-refractivity contribution in [2.24, 2.45) is 17.8 Å². The quantitative estimate of drug-likeness (QED) is 0.586. The van der Waals surface area contributed by atoms with Gasteiger partial charge in [0.2, 0.25) is 17.7 Å². The van der Waals surface area contributed by atoms with E-state index in [4.69, 9.17) is 4.74 Å². The Morgan fingerprint density at radius 1 is 1.27 bits per heavy atom. The van der Waals surface area contributed by atoms with Crippen LogP contribution < -0.4 is 10.6 Å². The number of nitrogens with one attached hydrogen (secondary N) is 2. The highest BCUT2D eigenvalue weighted by Gasteiger charge is 2.79. The van der Waals surface area contributed by atoms with Gasteiger partial charge in [0.15, 0.2) is 0 Å². The Balaban J connectivity index is 2.16. The summed E-state index contributed by atoms with van der Waals surface area (Å²) in [5.41, 5.74) is -2.28. The lowest BCUT2D eigenvalue weighted by Gasteiger charge is -2.39. The fourth-order valence-electron chi connectivity index (χ4n) is 5.92. The van der Waals surface area contributed by atoms with Gasteiger partial charge >= 0.3 is 0 Å². The maximum atomic E-state index is 13.8. The third kappa shape index (κ3) is 3.14. The summed E-state index contributed by atoms with van der Waals surface area (Å²) in [6, 6.07) is -1.41. The number of hydrogen-bond donors (Lipinski definition) is 3. The first kappa shape index (κ1) is 23.0. The molecule has 0 radical (unpaired) electrons. The van der Waals surface area contributed by atoms with Crippen LogP contribution in [0, 0.1) is 17.8 Å². The van der Waals surface area contributed by atoms with Crippen LogP contribution in [0.3, 0.4) is 0 Å². The predicted octanol–water partition coefficient (Wildman–Crippen LogP) is 0.819. The van der Waals surface area contributed by atoms with Crippen molar-refractivity contribution in [1.29, 1.82) is 0 Å². The monoisotopic (exact) mass is 423 g/mol. The molecular weight excluding hydrogens is 386 g/mol. The average Bonchev–Trinajstić information content (AvgIpc) is 3.24. The summed E-state index contributed by atoms with van der Waals surface area (Å²) in [6.45, 7) is 11.2. The van der Waals surface area contributed by atoms with E-state index in [-0.39, 0.29) is 30.2 Å². The van der Waals surface area contributed by atoms with Crippen molar-refractivity contribution < 1.29 is 24.2 Å². The summed E-state index contributed by atoms with van der Waals surface area (Å²) in [4.78, 5) is 41.8. The molecule has 170 valence electrons.